The summed E-state index contributed by atoms with van der Waals surface area (Å²) in [6.45, 7) is 11.6. The number of rotatable bonds is 7. The van der Waals surface area contributed by atoms with E-state index in [0.717, 1.165) is 41.7 Å². The minimum absolute atomic E-state index is 0.165. The van der Waals surface area contributed by atoms with Crippen molar-refractivity contribution in [1.29, 1.82) is 0 Å². The zero-order chi connectivity index (χ0) is 20.3. The zero-order valence-corrected chi connectivity index (χ0v) is 18.0. The lowest BCUT2D eigenvalue weighted by Crippen LogP contribution is -2.42. The number of ether oxygens (including phenoxy) is 3. The number of hydrogen-bond acceptors (Lipinski definition) is 6. The number of aryl methyl sites for hydroxylation is 2. The fraction of sp³-hybridized carbons (Fsp3) is 0.600. The lowest BCUT2D eigenvalue weighted by atomic mass is 10.1. The molecule has 154 valence electrons. The first-order valence-corrected chi connectivity index (χ1v) is 10.0. The van der Waals surface area contributed by atoms with E-state index < -0.39 is 0 Å². The monoisotopic (exact) mass is 408 g/mol. The molecule has 2 aromatic rings. The van der Waals surface area contributed by atoms with Crippen molar-refractivity contribution in [1.82, 2.24) is 14.8 Å². The Morgan fingerprint density at radius 2 is 2.00 bits per heavy atom. The molecule has 2 atom stereocenters. The summed E-state index contributed by atoms with van der Waals surface area (Å²) < 4.78 is 19.4. The predicted molar refractivity (Wildman–Crippen MR) is 109 cm³/mol. The molecule has 0 bridgehead atoms. The molecule has 1 aliphatic heterocycles. The molecule has 2 heterocycles. The summed E-state index contributed by atoms with van der Waals surface area (Å²) in [4.78, 5) is 2.21. The third kappa shape index (κ3) is 4.59. The van der Waals surface area contributed by atoms with E-state index in [9.17, 15) is 0 Å². The number of aromatic nitrogens is 3. The van der Waals surface area contributed by atoms with Crippen molar-refractivity contribution in [2.75, 3.05) is 38.3 Å². The maximum absolute atomic E-state index is 6.29. The maximum atomic E-state index is 6.29. The molecular formula is C20H29ClN4O3. The first-order valence-electron chi connectivity index (χ1n) is 9.62. The molecular weight excluding hydrogens is 380 g/mol. The van der Waals surface area contributed by atoms with Gasteiger partial charge in [-0.05, 0) is 51.0 Å². The first-order chi connectivity index (χ1) is 13.4. The normalized spacial score (nSPS) is 18.4. The fourth-order valence-electron chi connectivity index (χ4n) is 3.55. The molecule has 7 nitrogen and oxygen atoms in total. The molecule has 0 radical (unpaired) electrons. The highest BCUT2D eigenvalue weighted by molar-refractivity contribution is 6.30. The summed E-state index contributed by atoms with van der Waals surface area (Å²) in [5.74, 6) is 2.45. The van der Waals surface area contributed by atoms with Crippen LogP contribution >= 0.6 is 11.6 Å². The third-order valence-electron chi connectivity index (χ3n) is 4.89. The van der Waals surface area contributed by atoms with Crippen molar-refractivity contribution in [3.8, 4) is 5.75 Å². The smallest absolute Gasteiger partial charge is 0.227 e. The van der Waals surface area contributed by atoms with E-state index in [1.54, 1.807) is 7.11 Å². The van der Waals surface area contributed by atoms with E-state index in [4.69, 9.17) is 25.8 Å². The Bertz CT molecular complexity index is 788. The second-order valence-electron chi connectivity index (χ2n) is 7.26. The number of halogens is 1. The summed E-state index contributed by atoms with van der Waals surface area (Å²) in [6.07, 6.45) is -0.104. The van der Waals surface area contributed by atoms with Crippen LogP contribution in [0.2, 0.25) is 5.02 Å². The Balaban J connectivity index is 1.88. The summed E-state index contributed by atoms with van der Waals surface area (Å²) in [7, 11) is 1.70. The van der Waals surface area contributed by atoms with Gasteiger partial charge in [-0.3, -0.25) is 4.57 Å². The van der Waals surface area contributed by atoms with Gasteiger partial charge in [0.25, 0.3) is 0 Å². The van der Waals surface area contributed by atoms with Gasteiger partial charge in [0.05, 0.1) is 25.9 Å². The minimum Gasteiger partial charge on any atom is -0.482 e. The fourth-order valence-corrected chi connectivity index (χ4v) is 3.88. The summed E-state index contributed by atoms with van der Waals surface area (Å²) in [6, 6.07) is 3.82. The molecule has 1 aromatic heterocycles. The summed E-state index contributed by atoms with van der Waals surface area (Å²) in [5, 5.41) is 9.65. The van der Waals surface area contributed by atoms with Crippen molar-refractivity contribution in [3.05, 3.63) is 34.1 Å². The Labute approximate surface area is 171 Å². The Kier molecular flexibility index (Phi) is 6.80. The molecule has 28 heavy (non-hydrogen) atoms. The Morgan fingerprint density at radius 1 is 1.29 bits per heavy atom. The van der Waals surface area contributed by atoms with Crippen molar-refractivity contribution >= 4 is 17.5 Å². The molecule has 0 N–H and O–H groups in total. The van der Waals surface area contributed by atoms with Crippen LogP contribution in [0.1, 0.15) is 36.9 Å². The van der Waals surface area contributed by atoms with Gasteiger partial charge in [0, 0.05) is 25.2 Å². The molecule has 0 amide bonds. The quantitative estimate of drug-likeness (QED) is 0.698. The molecule has 0 saturated carbocycles. The van der Waals surface area contributed by atoms with E-state index in [1.165, 1.54) is 0 Å². The topological polar surface area (TPSA) is 61.6 Å². The van der Waals surface area contributed by atoms with Gasteiger partial charge in [-0.1, -0.05) is 11.6 Å². The summed E-state index contributed by atoms with van der Waals surface area (Å²) >= 11 is 6.15. The van der Waals surface area contributed by atoms with Crippen LogP contribution in [0.3, 0.4) is 0 Å². The average molecular weight is 409 g/mol. The number of benzene rings is 1. The predicted octanol–water partition coefficient (Wildman–Crippen LogP) is 3.56. The molecule has 1 aliphatic rings. The van der Waals surface area contributed by atoms with E-state index in [2.05, 4.69) is 26.6 Å². The van der Waals surface area contributed by atoms with Crippen molar-refractivity contribution in [2.45, 2.75) is 46.4 Å². The first kappa shape index (κ1) is 20.9. The van der Waals surface area contributed by atoms with E-state index in [-0.39, 0.29) is 12.2 Å². The molecule has 3 rings (SSSR count). The second-order valence-corrected chi connectivity index (χ2v) is 7.70. The molecule has 1 saturated heterocycles. The van der Waals surface area contributed by atoms with E-state index in [0.29, 0.717) is 24.8 Å². The van der Waals surface area contributed by atoms with Crippen LogP contribution in [0.25, 0.3) is 0 Å². The highest BCUT2D eigenvalue weighted by Gasteiger charge is 2.26. The van der Waals surface area contributed by atoms with Gasteiger partial charge >= 0.3 is 0 Å². The van der Waals surface area contributed by atoms with Crippen molar-refractivity contribution in [3.63, 3.8) is 0 Å². The molecule has 0 aliphatic carbocycles. The van der Waals surface area contributed by atoms with Gasteiger partial charge in [-0.15, -0.1) is 10.2 Å². The van der Waals surface area contributed by atoms with Crippen LogP contribution in [0, 0.1) is 13.8 Å². The van der Waals surface area contributed by atoms with Gasteiger partial charge in [0.2, 0.25) is 5.95 Å². The van der Waals surface area contributed by atoms with Gasteiger partial charge < -0.3 is 19.1 Å². The van der Waals surface area contributed by atoms with Crippen LogP contribution in [0.5, 0.6) is 5.75 Å². The third-order valence-corrected chi connectivity index (χ3v) is 5.10. The molecule has 0 spiro atoms. The van der Waals surface area contributed by atoms with Gasteiger partial charge in [0.15, 0.2) is 11.9 Å². The Morgan fingerprint density at radius 3 is 2.64 bits per heavy atom. The number of anilines is 1. The molecule has 0 unspecified atom stereocenters. The van der Waals surface area contributed by atoms with Crippen molar-refractivity contribution in [2.24, 2.45) is 0 Å². The van der Waals surface area contributed by atoms with E-state index >= 15 is 0 Å². The number of morpholine rings is 1. The molecule has 1 aromatic carbocycles. The highest BCUT2D eigenvalue weighted by atomic mass is 35.5. The maximum Gasteiger partial charge on any atom is 0.227 e. The number of nitrogens with zero attached hydrogens (tertiary/aromatic N) is 4. The lowest BCUT2D eigenvalue weighted by Gasteiger charge is -2.32. The van der Waals surface area contributed by atoms with Crippen LogP contribution in [0.15, 0.2) is 12.1 Å². The number of hydrogen-bond donors (Lipinski definition) is 0. The average Bonchev–Trinajstić information content (AvgIpc) is 3.06. The van der Waals surface area contributed by atoms with Crippen LogP contribution in [-0.2, 0) is 16.0 Å². The highest BCUT2D eigenvalue weighted by Crippen LogP contribution is 2.31. The Hall–Kier alpha value is -1.83. The molecule has 8 heteroatoms. The number of methoxy groups -OCH3 is 1. The van der Waals surface area contributed by atoms with Crippen LogP contribution in [-0.4, -0.2) is 54.3 Å². The van der Waals surface area contributed by atoms with Gasteiger partial charge in [-0.25, -0.2) is 0 Å². The minimum atomic E-state index is -0.268. The second kappa shape index (κ2) is 9.11. The van der Waals surface area contributed by atoms with E-state index in [1.807, 2.05) is 32.9 Å². The van der Waals surface area contributed by atoms with Crippen LogP contribution < -0.4 is 9.64 Å². The van der Waals surface area contributed by atoms with Gasteiger partial charge in [-0.2, -0.15) is 0 Å². The largest absolute Gasteiger partial charge is 0.482 e. The summed E-state index contributed by atoms with van der Waals surface area (Å²) in [5.41, 5.74) is 2.00. The van der Waals surface area contributed by atoms with Crippen molar-refractivity contribution < 1.29 is 14.2 Å². The SMILES string of the molecule is COCCn1c([C@H](C)Oc2c(C)cc(Cl)cc2C)nnc1N1CCO[C@H](C)C1. The van der Waals surface area contributed by atoms with Crippen LogP contribution in [0.4, 0.5) is 5.95 Å². The van der Waals surface area contributed by atoms with Gasteiger partial charge in [0.1, 0.15) is 5.75 Å². The lowest BCUT2D eigenvalue weighted by molar-refractivity contribution is 0.0522. The standard InChI is InChI=1S/C20H29ClN4O3/c1-13-10-17(21)11-14(2)18(13)28-16(4)19-22-23-20(25(19)7-8-26-5)24-6-9-27-15(3)12-24/h10-11,15-16H,6-9,12H2,1-5H3/t15-,16+/m1/s1. The zero-order valence-electron chi connectivity index (χ0n) is 17.2. The molecule has 1 fully saturated rings.